The fourth-order valence-electron chi connectivity index (χ4n) is 1.78. The molecule has 0 heterocycles. The fourth-order valence-corrected chi connectivity index (χ4v) is 1.78. The minimum atomic E-state index is 0.856. The van der Waals surface area contributed by atoms with Crippen LogP contribution in [0.15, 0.2) is 23.8 Å². The summed E-state index contributed by atoms with van der Waals surface area (Å²) in [4.78, 5) is 0. The Hall–Kier alpha value is -0.520. The number of allylic oxidation sites excluding steroid dienone is 4. The van der Waals surface area contributed by atoms with E-state index < -0.39 is 0 Å². The highest BCUT2D eigenvalue weighted by molar-refractivity contribution is 5.17. The van der Waals surface area contributed by atoms with Gasteiger partial charge < -0.3 is 0 Å². The first kappa shape index (κ1) is 8.58. The van der Waals surface area contributed by atoms with Gasteiger partial charge in [0.15, 0.2) is 0 Å². The van der Waals surface area contributed by atoms with Crippen LogP contribution in [0.3, 0.4) is 0 Å². The first-order valence-electron chi connectivity index (χ1n) is 4.74. The standard InChI is InChI=1S/C11H18/c1-3-10-8-6-5-7-9-11(10)4-2/h5-6,8,11H,3-4,7,9H2,1-2H3. The van der Waals surface area contributed by atoms with Crippen molar-refractivity contribution < 1.29 is 0 Å². The Balaban J connectivity index is 2.64. The third-order valence-corrected chi connectivity index (χ3v) is 2.55. The highest BCUT2D eigenvalue weighted by Gasteiger charge is 2.10. The monoisotopic (exact) mass is 150 g/mol. The first-order valence-corrected chi connectivity index (χ1v) is 4.74. The molecular formula is C11H18. The average molecular weight is 150 g/mol. The van der Waals surface area contributed by atoms with Gasteiger partial charge in [-0.2, -0.15) is 0 Å². The molecule has 1 unspecified atom stereocenters. The Morgan fingerprint density at radius 1 is 1.45 bits per heavy atom. The molecule has 0 saturated carbocycles. The van der Waals surface area contributed by atoms with E-state index in [1.165, 1.54) is 25.7 Å². The summed E-state index contributed by atoms with van der Waals surface area (Å²) in [7, 11) is 0. The largest absolute Gasteiger partial charge is 0.0845 e. The zero-order chi connectivity index (χ0) is 8.10. The lowest BCUT2D eigenvalue weighted by atomic mass is 9.91. The van der Waals surface area contributed by atoms with E-state index in [9.17, 15) is 0 Å². The van der Waals surface area contributed by atoms with Gasteiger partial charge in [-0.1, -0.05) is 37.6 Å². The van der Waals surface area contributed by atoms with Gasteiger partial charge in [-0.05, 0) is 31.6 Å². The molecule has 0 aromatic heterocycles. The second-order valence-electron chi connectivity index (χ2n) is 3.21. The van der Waals surface area contributed by atoms with Crippen LogP contribution in [-0.4, -0.2) is 0 Å². The molecule has 0 heteroatoms. The van der Waals surface area contributed by atoms with Gasteiger partial charge in [-0.3, -0.25) is 0 Å². The lowest BCUT2D eigenvalue weighted by molar-refractivity contribution is 0.538. The van der Waals surface area contributed by atoms with Crippen LogP contribution in [0.5, 0.6) is 0 Å². The van der Waals surface area contributed by atoms with Crippen LogP contribution in [0.1, 0.15) is 39.5 Å². The molecule has 0 saturated heterocycles. The lowest BCUT2D eigenvalue weighted by Gasteiger charge is -2.14. The summed E-state index contributed by atoms with van der Waals surface area (Å²) in [6.45, 7) is 4.55. The summed E-state index contributed by atoms with van der Waals surface area (Å²) in [5.41, 5.74) is 1.64. The van der Waals surface area contributed by atoms with E-state index in [2.05, 4.69) is 32.1 Å². The molecule has 0 nitrogen and oxygen atoms in total. The highest BCUT2D eigenvalue weighted by Crippen LogP contribution is 2.25. The molecular weight excluding hydrogens is 132 g/mol. The molecule has 0 amide bonds. The van der Waals surface area contributed by atoms with Gasteiger partial charge in [0.1, 0.15) is 0 Å². The molecule has 0 spiro atoms. The second-order valence-corrected chi connectivity index (χ2v) is 3.21. The molecule has 0 bridgehead atoms. The van der Waals surface area contributed by atoms with Crippen LogP contribution < -0.4 is 0 Å². The first-order chi connectivity index (χ1) is 5.38. The average Bonchev–Trinajstić information content (AvgIpc) is 2.27. The van der Waals surface area contributed by atoms with E-state index in [-0.39, 0.29) is 0 Å². The van der Waals surface area contributed by atoms with Crippen molar-refractivity contribution in [3.63, 3.8) is 0 Å². The van der Waals surface area contributed by atoms with Gasteiger partial charge in [-0.15, -0.1) is 0 Å². The third-order valence-electron chi connectivity index (χ3n) is 2.55. The Labute approximate surface area is 70.0 Å². The molecule has 1 rings (SSSR count). The van der Waals surface area contributed by atoms with Crippen LogP contribution in [0, 0.1) is 5.92 Å². The predicted molar refractivity (Wildman–Crippen MR) is 50.5 cm³/mol. The van der Waals surface area contributed by atoms with Crippen molar-refractivity contribution in [2.45, 2.75) is 39.5 Å². The van der Waals surface area contributed by atoms with Crippen LogP contribution in [0.2, 0.25) is 0 Å². The van der Waals surface area contributed by atoms with E-state index >= 15 is 0 Å². The van der Waals surface area contributed by atoms with Crippen molar-refractivity contribution in [1.29, 1.82) is 0 Å². The van der Waals surface area contributed by atoms with Crippen LogP contribution in [0.4, 0.5) is 0 Å². The molecule has 11 heavy (non-hydrogen) atoms. The molecule has 0 aromatic carbocycles. The zero-order valence-electron chi connectivity index (χ0n) is 7.64. The summed E-state index contributed by atoms with van der Waals surface area (Å²) < 4.78 is 0. The van der Waals surface area contributed by atoms with Gasteiger partial charge in [0.2, 0.25) is 0 Å². The summed E-state index contributed by atoms with van der Waals surface area (Å²) in [5, 5.41) is 0. The van der Waals surface area contributed by atoms with Gasteiger partial charge in [0.25, 0.3) is 0 Å². The number of rotatable bonds is 2. The Kier molecular flexibility index (Phi) is 3.41. The van der Waals surface area contributed by atoms with Gasteiger partial charge in [0, 0.05) is 0 Å². The summed E-state index contributed by atoms with van der Waals surface area (Å²) in [6, 6.07) is 0. The van der Waals surface area contributed by atoms with Crippen molar-refractivity contribution in [3.8, 4) is 0 Å². The number of hydrogen-bond acceptors (Lipinski definition) is 0. The Morgan fingerprint density at radius 3 is 2.91 bits per heavy atom. The Morgan fingerprint density at radius 2 is 2.27 bits per heavy atom. The molecule has 0 radical (unpaired) electrons. The Bertz CT molecular complexity index is 163. The predicted octanol–water partition coefficient (Wildman–Crippen LogP) is 3.70. The van der Waals surface area contributed by atoms with Gasteiger partial charge in [0.05, 0.1) is 0 Å². The highest BCUT2D eigenvalue weighted by atomic mass is 14.2. The second kappa shape index (κ2) is 4.38. The van der Waals surface area contributed by atoms with E-state index in [1.54, 1.807) is 5.57 Å². The maximum absolute atomic E-state index is 2.31. The topological polar surface area (TPSA) is 0 Å². The molecule has 1 aliphatic carbocycles. The van der Waals surface area contributed by atoms with Crippen molar-refractivity contribution in [1.82, 2.24) is 0 Å². The van der Waals surface area contributed by atoms with Gasteiger partial charge >= 0.3 is 0 Å². The van der Waals surface area contributed by atoms with E-state index in [1.807, 2.05) is 0 Å². The minimum Gasteiger partial charge on any atom is -0.0845 e. The van der Waals surface area contributed by atoms with Crippen LogP contribution in [0.25, 0.3) is 0 Å². The van der Waals surface area contributed by atoms with Crippen molar-refractivity contribution in [3.05, 3.63) is 23.8 Å². The molecule has 62 valence electrons. The minimum absolute atomic E-state index is 0.856. The van der Waals surface area contributed by atoms with Crippen molar-refractivity contribution in [2.24, 2.45) is 5.92 Å². The number of hydrogen-bond donors (Lipinski definition) is 0. The molecule has 0 fully saturated rings. The van der Waals surface area contributed by atoms with Crippen LogP contribution >= 0.6 is 0 Å². The van der Waals surface area contributed by atoms with Crippen molar-refractivity contribution in [2.75, 3.05) is 0 Å². The third kappa shape index (κ3) is 2.21. The normalized spacial score (nSPS) is 24.5. The van der Waals surface area contributed by atoms with E-state index in [0.717, 1.165) is 5.92 Å². The molecule has 1 atom stereocenters. The van der Waals surface area contributed by atoms with Gasteiger partial charge in [-0.25, -0.2) is 0 Å². The van der Waals surface area contributed by atoms with Crippen molar-refractivity contribution >= 4 is 0 Å². The molecule has 0 aromatic rings. The quantitative estimate of drug-likeness (QED) is 0.563. The molecule has 0 aliphatic heterocycles. The van der Waals surface area contributed by atoms with E-state index in [0.29, 0.717) is 0 Å². The summed E-state index contributed by atoms with van der Waals surface area (Å²) in [6.07, 6.45) is 12.0. The zero-order valence-corrected chi connectivity index (χ0v) is 7.64. The SMILES string of the molecule is CCC1=CC=CCCC1CC. The maximum atomic E-state index is 2.31. The lowest BCUT2D eigenvalue weighted by Crippen LogP contribution is -2.00. The summed E-state index contributed by atoms with van der Waals surface area (Å²) in [5.74, 6) is 0.856. The van der Waals surface area contributed by atoms with E-state index in [4.69, 9.17) is 0 Å². The molecule has 1 aliphatic rings. The van der Waals surface area contributed by atoms with Crippen LogP contribution in [-0.2, 0) is 0 Å². The fraction of sp³-hybridized carbons (Fsp3) is 0.636. The molecule has 0 N–H and O–H groups in total. The summed E-state index contributed by atoms with van der Waals surface area (Å²) >= 11 is 0. The maximum Gasteiger partial charge on any atom is -0.0200 e. The smallest absolute Gasteiger partial charge is 0.0200 e.